The molecular weight excluding hydrogens is 290 g/mol. The first kappa shape index (κ1) is 16.9. The van der Waals surface area contributed by atoms with Crippen molar-refractivity contribution in [2.75, 3.05) is 13.2 Å². The molecule has 1 amide bonds. The van der Waals surface area contributed by atoms with E-state index in [-0.39, 0.29) is 17.9 Å². The predicted octanol–water partition coefficient (Wildman–Crippen LogP) is 2.51. The lowest BCUT2D eigenvalue weighted by Crippen LogP contribution is -2.30. The van der Waals surface area contributed by atoms with Crippen molar-refractivity contribution >= 4 is 5.91 Å². The van der Waals surface area contributed by atoms with Crippen LogP contribution in [0.2, 0.25) is 0 Å². The van der Waals surface area contributed by atoms with E-state index >= 15 is 0 Å². The number of nitrogens with one attached hydrogen (secondary N) is 1. The second kappa shape index (κ2) is 7.72. The second-order valence-corrected chi connectivity index (χ2v) is 6.41. The van der Waals surface area contributed by atoms with Gasteiger partial charge in [0.2, 0.25) is 0 Å². The van der Waals surface area contributed by atoms with Crippen LogP contribution in [0.25, 0.3) is 0 Å². The Kier molecular flexibility index (Phi) is 5.68. The highest BCUT2D eigenvalue weighted by molar-refractivity contribution is 5.77. The number of aromatic nitrogens is 2. The van der Waals surface area contributed by atoms with E-state index in [0.29, 0.717) is 18.7 Å². The summed E-state index contributed by atoms with van der Waals surface area (Å²) in [6.07, 6.45) is 5.67. The van der Waals surface area contributed by atoms with Crippen LogP contribution < -0.4 is 10.1 Å². The molecule has 122 valence electrons. The van der Waals surface area contributed by atoms with Crippen molar-refractivity contribution in [3.05, 3.63) is 54.1 Å². The predicted molar refractivity (Wildman–Crippen MR) is 89.4 cm³/mol. The van der Waals surface area contributed by atoms with E-state index in [1.165, 1.54) is 11.9 Å². The molecule has 5 nitrogen and oxygen atoms in total. The topological polar surface area (TPSA) is 64.1 Å². The molecule has 0 saturated carbocycles. The van der Waals surface area contributed by atoms with Crippen LogP contribution >= 0.6 is 0 Å². The monoisotopic (exact) mass is 313 g/mol. The molecule has 2 aromatic rings. The molecule has 5 heteroatoms. The number of carbonyl (C=O) groups is 1. The summed E-state index contributed by atoms with van der Waals surface area (Å²) in [4.78, 5) is 19.6. The van der Waals surface area contributed by atoms with Crippen molar-refractivity contribution in [2.45, 2.75) is 32.6 Å². The van der Waals surface area contributed by atoms with Gasteiger partial charge in [0, 0.05) is 18.9 Å². The number of hydrogen-bond acceptors (Lipinski definition) is 4. The summed E-state index contributed by atoms with van der Waals surface area (Å²) in [5.41, 5.74) is 2.34. The molecule has 1 N–H and O–H groups in total. The highest BCUT2D eigenvalue weighted by Crippen LogP contribution is 2.24. The Morgan fingerprint density at radius 3 is 2.39 bits per heavy atom. The number of benzene rings is 1. The maximum absolute atomic E-state index is 11.8. The standard InChI is InChI=1S/C18H23N3O2/c1-18(2,3)15-4-6-16(7-5-15)23-12-17(22)21-9-8-14-10-19-13-20-11-14/h4-7,10-11,13H,8-9,12H2,1-3H3,(H,21,22). The van der Waals surface area contributed by atoms with Crippen molar-refractivity contribution in [3.8, 4) is 5.75 Å². The molecule has 1 aromatic carbocycles. The van der Waals surface area contributed by atoms with Gasteiger partial charge in [-0.2, -0.15) is 0 Å². The molecule has 0 unspecified atom stereocenters. The van der Waals surface area contributed by atoms with Crippen LogP contribution in [0.5, 0.6) is 5.75 Å². The number of nitrogens with zero attached hydrogens (tertiary/aromatic N) is 2. The molecule has 0 radical (unpaired) electrons. The Balaban J connectivity index is 1.72. The van der Waals surface area contributed by atoms with E-state index in [1.54, 1.807) is 12.4 Å². The van der Waals surface area contributed by atoms with Crippen molar-refractivity contribution in [3.63, 3.8) is 0 Å². The third kappa shape index (κ3) is 5.70. The molecule has 0 aliphatic rings. The normalized spacial score (nSPS) is 11.1. The molecule has 0 aliphatic heterocycles. The van der Waals surface area contributed by atoms with Crippen LogP contribution in [-0.2, 0) is 16.6 Å². The Bertz CT molecular complexity index is 619. The molecule has 23 heavy (non-hydrogen) atoms. The number of carbonyl (C=O) groups excluding carboxylic acids is 1. The van der Waals surface area contributed by atoms with Gasteiger partial charge in [-0.25, -0.2) is 9.97 Å². The average Bonchev–Trinajstić information content (AvgIpc) is 2.53. The lowest BCUT2D eigenvalue weighted by atomic mass is 9.87. The van der Waals surface area contributed by atoms with Gasteiger partial charge in [-0.1, -0.05) is 32.9 Å². The summed E-state index contributed by atoms with van der Waals surface area (Å²) in [5, 5.41) is 2.82. The van der Waals surface area contributed by atoms with Gasteiger partial charge in [-0.15, -0.1) is 0 Å². The fourth-order valence-electron chi connectivity index (χ4n) is 2.06. The molecule has 0 atom stereocenters. The molecule has 1 aromatic heterocycles. The lowest BCUT2D eigenvalue weighted by molar-refractivity contribution is -0.123. The smallest absolute Gasteiger partial charge is 0.257 e. The molecule has 0 saturated heterocycles. The van der Waals surface area contributed by atoms with Crippen molar-refractivity contribution in [2.24, 2.45) is 0 Å². The summed E-state index contributed by atoms with van der Waals surface area (Å²) >= 11 is 0. The fourth-order valence-corrected chi connectivity index (χ4v) is 2.06. The third-order valence-electron chi connectivity index (χ3n) is 3.44. The summed E-state index contributed by atoms with van der Waals surface area (Å²) in [7, 11) is 0. The van der Waals surface area contributed by atoms with Gasteiger partial charge < -0.3 is 10.1 Å². The number of hydrogen-bond donors (Lipinski definition) is 1. The quantitative estimate of drug-likeness (QED) is 0.890. The molecule has 0 aliphatic carbocycles. The highest BCUT2D eigenvalue weighted by atomic mass is 16.5. The Labute approximate surface area is 137 Å². The fraction of sp³-hybridized carbons (Fsp3) is 0.389. The first-order valence-corrected chi connectivity index (χ1v) is 7.69. The van der Waals surface area contributed by atoms with Crippen LogP contribution in [0.3, 0.4) is 0 Å². The van der Waals surface area contributed by atoms with Gasteiger partial charge in [0.15, 0.2) is 6.61 Å². The Morgan fingerprint density at radius 2 is 1.78 bits per heavy atom. The zero-order valence-electron chi connectivity index (χ0n) is 13.9. The first-order valence-electron chi connectivity index (χ1n) is 7.69. The molecule has 0 spiro atoms. The Hall–Kier alpha value is -2.43. The van der Waals surface area contributed by atoms with E-state index in [1.807, 2.05) is 24.3 Å². The van der Waals surface area contributed by atoms with Crippen LogP contribution in [-0.4, -0.2) is 29.0 Å². The largest absolute Gasteiger partial charge is 0.484 e. The zero-order valence-corrected chi connectivity index (χ0v) is 13.9. The van der Waals surface area contributed by atoms with E-state index in [0.717, 1.165) is 5.56 Å². The van der Waals surface area contributed by atoms with E-state index in [2.05, 4.69) is 36.1 Å². The van der Waals surface area contributed by atoms with Gasteiger partial charge in [0.05, 0.1) is 0 Å². The van der Waals surface area contributed by atoms with E-state index in [4.69, 9.17) is 4.74 Å². The second-order valence-electron chi connectivity index (χ2n) is 6.41. The zero-order chi connectivity index (χ0) is 16.7. The van der Waals surface area contributed by atoms with Gasteiger partial charge in [-0.3, -0.25) is 4.79 Å². The van der Waals surface area contributed by atoms with Crippen LogP contribution in [0.4, 0.5) is 0 Å². The summed E-state index contributed by atoms with van der Waals surface area (Å²) in [6, 6.07) is 7.86. The van der Waals surface area contributed by atoms with Gasteiger partial charge in [-0.05, 0) is 35.1 Å². The summed E-state index contributed by atoms with van der Waals surface area (Å²) < 4.78 is 5.50. The van der Waals surface area contributed by atoms with Crippen LogP contribution in [0, 0.1) is 0 Å². The van der Waals surface area contributed by atoms with Gasteiger partial charge in [0.1, 0.15) is 12.1 Å². The Morgan fingerprint density at radius 1 is 1.13 bits per heavy atom. The van der Waals surface area contributed by atoms with Gasteiger partial charge >= 0.3 is 0 Å². The minimum Gasteiger partial charge on any atom is -0.484 e. The minimum absolute atomic E-state index is 0.0140. The SMILES string of the molecule is CC(C)(C)c1ccc(OCC(=O)NCCc2cncnc2)cc1. The van der Waals surface area contributed by atoms with Crippen molar-refractivity contribution in [1.29, 1.82) is 0 Å². The van der Waals surface area contributed by atoms with Crippen molar-refractivity contribution in [1.82, 2.24) is 15.3 Å². The number of rotatable bonds is 6. The minimum atomic E-state index is -0.137. The summed E-state index contributed by atoms with van der Waals surface area (Å²) in [5.74, 6) is 0.561. The maximum Gasteiger partial charge on any atom is 0.257 e. The molecule has 1 heterocycles. The van der Waals surface area contributed by atoms with Crippen LogP contribution in [0.1, 0.15) is 31.9 Å². The van der Waals surface area contributed by atoms with Crippen LogP contribution in [0.15, 0.2) is 43.0 Å². The molecule has 0 fully saturated rings. The van der Waals surface area contributed by atoms with E-state index < -0.39 is 0 Å². The lowest BCUT2D eigenvalue weighted by Gasteiger charge is -2.19. The third-order valence-corrected chi connectivity index (χ3v) is 3.44. The van der Waals surface area contributed by atoms with E-state index in [9.17, 15) is 4.79 Å². The summed E-state index contributed by atoms with van der Waals surface area (Å²) in [6.45, 7) is 7.04. The van der Waals surface area contributed by atoms with Crippen molar-refractivity contribution < 1.29 is 9.53 Å². The molecular formula is C18H23N3O2. The highest BCUT2D eigenvalue weighted by Gasteiger charge is 2.13. The average molecular weight is 313 g/mol. The number of amides is 1. The van der Waals surface area contributed by atoms with Gasteiger partial charge in [0.25, 0.3) is 5.91 Å². The molecule has 2 rings (SSSR count). The molecule has 0 bridgehead atoms. The number of ether oxygens (including phenoxy) is 1. The first-order chi connectivity index (χ1) is 10.9. The maximum atomic E-state index is 11.8.